The van der Waals surface area contributed by atoms with Gasteiger partial charge in [0.05, 0.1) is 37.6 Å². The van der Waals surface area contributed by atoms with Crippen LogP contribution in [0, 0.1) is 12.8 Å². The van der Waals surface area contributed by atoms with E-state index in [1.165, 1.54) is 11.1 Å². The van der Waals surface area contributed by atoms with Crippen molar-refractivity contribution in [3.8, 4) is 5.75 Å². The Hall–Kier alpha value is -2.59. The molecule has 3 atom stereocenters. The average Bonchev–Trinajstić information content (AvgIpc) is 2.74. The molecule has 0 aromatic heterocycles. The average molecular weight is 378 g/mol. The summed E-state index contributed by atoms with van der Waals surface area (Å²) in [5.74, 6) is 0.873. The van der Waals surface area contributed by atoms with E-state index >= 15 is 0 Å². The summed E-state index contributed by atoms with van der Waals surface area (Å²) in [6, 6.07) is 16.0. The number of aryl methyl sites for hydroxylation is 1. The summed E-state index contributed by atoms with van der Waals surface area (Å²) >= 11 is 0. The SMILES string of the molecule is COc1ccc(C2=COC3CC(OCc4ccc(C)cc4)CCC3C2=O)cc1. The fourth-order valence-electron chi connectivity index (χ4n) is 3.99. The van der Waals surface area contributed by atoms with E-state index in [1.54, 1.807) is 13.4 Å². The van der Waals surface area contributed by atoms with E-state index in [9.17, 15) is 4.79 Å². The number of ether oxygens (including phenoxy) is 3. The van der Waals surface area contributed by atoms with Gasteiger partial charge in [-0.05, 0) is 43.0 Å². The Balaban J connectivity index is 1.38. The molecule has 0 spiro atoms. The van der Waals surface area contributed by atoms with Crippen molar-refractivity contribution in [3.05, 3.63) is 71.5 Å². The second-order valence-electron chi connectivity index (χ2n) is 7.64. The number of allylic oxidation sites excluding steroid dienone is 1. The highest BCUT2D eigenvalue weighted by Gasteiger charge is 2.40. The first-order chi connectivity index (χ1) is 13.6. The minimum absolute atomic E-state index is 0.0821. The zero-order chi connectivity index (χ0) is 19.5. The molecule has 1 fully saturated rings. The van der Waals surface area contributed by atoms with Gasteiger partial charge in [0.15, 0.2) is 5.78 Å². The molecule has 1 saturated carbocycles. The molecular formula is C24H26O4. The zero-order valence-electron chi connectivity index (χ0n) is 16.4. The number of rotatable bonds is 5. The Morgan fingerprint density at radius 2 is 1.79 bits per heavy atom. The third-order valence-electron chi connectivity index (χ3n) is 5.71. The number of benzene rings is 2. The van der Waals surface area contributed by atoms with Crippen molar-refractivity contribution in [2.75, 3.05) is 7.11 Å². The standard InChI is InChI=1S/C24H26O4/c1-16-3-5-17(6-4-16)14-27-20-11-12-21-23(13-20)28-15-22(24(21)25)18-7-9-19(26-2)10-8-18/h3-10,15,20-21,23H,11-14H2,1-2H3. The Kier molecular flexibility index (Phi) is 5.49. The van der Waals surface area contributed by atoms with Crippen molar-refractivity contribution in [3.63, 3.8) is 0 Å². The topological polar surface area (TPSA) is 44.8 Å². The van der Waals surface area contributed by atoms with Crippen molar-refractivity contribution in [2.45, 2.75) is 45.0 Å². The smallest absolute Gasteiger partial charge is 0.173 e. The van der Waals surface area contributed by atoms with Crippen LogP contribution in [0.15, 0.2) is 54.8 Å². The first-order valence-corrected chi connectivity index (χ1v) is 9.85. The molecule has 0 radical (unpaired) electrons. The second kappa shape index (κ2) is 8.19. The lowest BCUT2D eigenvalue weighted by Crippen LogP contribution is -2.41. The molecule has 2 aliphatic rings. The Morgan fingerprint density at radius 3 is 2.50 bits per heavy atom. The number of carbonyl (C=O) groups excluding carboxylic acids is 1. The summed E-state index contributed by atoms with van der Waals surface area (Å²) in [4.78, 5) is 13.0. The number of methoxy groups -OCH3 is 1. The van der Waals surface area contributed by atoms with Gasteiger partial charge in [0.25, 0.3) is 0 Å². The second-order valence-corrected chi connectivity index (χ2v) is 7.64. The number of hydrogen-bond donors (Lipinski definition) is 0. The highest BCUT2D eigenvalue weighted by molar-refractivity contribution is 6.22. The summed E-state index contributed by atoms with van der Waals surface area (Å²) in [6.45, 7) is 2.68. The van der Waals surface area contributed by atoms with E-state index in [0.717, 1.165) is 30.6 Å². The van der Waals surface area contributed by atoms with Gasteiger partial charge in [0.2, 0.25) is 0 Å². The normalized spacial score (nSPS) is 24.1. The van der Waals surface area contributed by atoms with Gasteiger partial charge < -0.3 is 14.2 Å². The van der Waals surface area contributed by atoms with Gasteiger partial charge in [-0.15, -0.1) is 0 Å². The summed E-state index contributed by atoms with van der Waals surface area (Å²) < 4.78 is 17.3. The number of fused-ring (bicyclic) bond motifs is 1. The molecule has 0 saturated heterocycles. The Bertz CT molecular complexity index is 851. The molecule has 2 aromatic carbocycles. The first kappa shape index (κ1) is 18.8. The van der Waals surface area contributed by atoms with Gasteiger partial charge >= 0.3 is 0 Å². The monoisotopic (exact) mass is 378 g/mol. The lowest BCUT2D eigenvalue weighted by atomic mass is 9.78. The highest BCUT2D eigenvalue weighted by Crippen LogP contribution is 2.37. The van der Waals surface area contributed by atoms with Crippen molar-refractivity contribution >= 4 is 11.4 Å². The molecule has 1 aliphatic heterocycles. The summed E-state index contributed by atoms with van der Waals surface area (Å²) in [5, 5.41) is 0. The van der Waals surface area contributed by atoms with E-state index in [2.05, 4.69) is 31.2 Å². The number of Topliss-reactive ketones (excluding diaryl/α,β-unsaturated/α-hetero) is 1. The van der Waals surface area contributed by atoms with Gasteiger partial charge in [-0.2, -0.15) is 0 Å². The number of ketones is 1. The highest BCUT2D eigenvalue weighted by atomic mass is 16.5. The molecule has 1 heterocycles. The Morgan fingerprint density at radius 1 is 1.04 bits per heavy atom. The van der Waals surface area contributed by atoms with Crippen LogP contribution in [0.3, 0.4) is 0 Å². The third kappa shape index (κ3) is 3.97. The summed E-state index contributed by atoms with van der Waals surface area (Å²) in [6.07, 6.45) is 4.12. The lowest BCUT2D eigenvalue weighted by molar-refractivity contribution is -0.128. The minimum Gasteiger partial charge on any atom is -0.497 e. The van der Waals surface area contributed by atoms with Crippen molar-refractivity contribution in [2.24, 2.45) is 5.92 Å². The van der Waals surface area contributed by atoms with Crippen LogP contribution < -0.4 is 4.74 Å². The van der Waals surface area contributed by atoms with Gasteiger partial charge in [-0.25, -0.2) is 0 Å². The molecule has 4 nitrogen and oxygen atoms in total. The number of hydrogen-bond acceptors (Lipinski definition) is 4. The molecule has 0 bridgehead atoms. The fourth-order valence-corrected chi connectivity index (χ4v) is 3.99. The van der Waals surface area contributed by atoms with E-state index in [4.69, 9.17) is 14.2 Å². The van der Waals surface area contributed by atoms with Crippen LogP contribution in [-0.4, -0.2) is 25.1 Å². The first-order valence-electron chi connectivity index (χ1n) is 9.85. The van der Waals surface area contributed by atoms with Crippen LogP contribution in [-0.2, 0) is 20.9 Å². The van der Waals surface area contributed by atoms with Crippen LogP contribution in [0.4, 0.5) is 0 Å². The largest absolute Gasteiger partial charge is 0.497 e. The maximum Gasteiger partial charge on any atom is 0.173 e. The van der Waals surface area contributed by atoms with E-state index < -0.39 is 0 Å². The van der Waals surface area contributed by atoms with E-state index in [-0.39, 0.29) is 23.9 Å². The predicted octanol–water partition coefficient (Wildman–Crippen LogP) is 4.70. The maximum atomic E-state index is 13.0. The van der Waals surface area contributed by atoms with Crippen LogP contribution in [0.1, 0.15) is 36.0 Å². The molecule has 28 heavy (non-hydrogen) atoms. The maximum absolute atomic E-state index is 13.0. The quantitative estimate of drug-likeness (QED) is 0.757. The summed E-state index contributed by atoms with van der Waals surface area (Å²) in [7, 11) is 1.63. The van der Waals surface area contributed by atoms with E-state index in [0.29, 0.717) is 12.2 Å². The summed E-state index contributed by atoms with van der Waals surface area (Å²) in [5.41, 5.74) is 3.96. The third-order valence-corrected chi connectivity index (χ3v) is 5.71. The minimum atomic E-state index is -0.0914. The molecular weight excluding hydrogens is 352 g/mol. The zero-order valence-corrected chi connectivity index (χ0v) is 16.4. The molecule has 2 aromatic rings. The molecule has 1 aliphatic carbocycles. The molecule has 3 unspecified atom stereocenters. The van der Waals surface area contributed by atoms with Crippen LogP contribution >= 0.6 is 0 Å². The number of carbonyl (C=O) groups is 1. The van der Waals surface area contributed by atoms with Gasteiger partial charge in [-0.3, -0.25) is 4.79 Å². The molecule has 4 heteroatoms. The van der Waals surface area contributed by atoms with Crippen LogP contribution in [0.25, 0.3) is 5.57 Å². The van der Waals surface area contributed by atoms with Gasteiger partial charge in [-0.1, -0.05) is 42.0 Å². The fraction of sp³-hybridized carbons (Fsp3) is 0.375. The van der Waals surface area contributed by atoms with Crippen LogP contribution in [0.2, 0.25) is 0 Å². The molecule has 0 amide bonds. The molecule has 4 rings (SSSR count). The van der Waals surface area contributed by atoms with Crippen LogP contribution in [0.5, 0.6) is 5.75 Å². The van der Waals surface area contributed by atoms with E-state index in [1.807, 2.05) is 24.3 Å². The van der Waals surface area contributed by atoms with Gasteiger partial charge in [0.1, 0.15) is 11.9 Å². The molecule has 0 N–H and O–H groups in total. The van der Waals surface area contributed by atoms with Crippen molar-refractivity contribution < 1.29 is 19.0 Å². The molecule has 146 valence electrons. The predicted molar refractivity (Wildman–Crippen MR) is 108 cm³/mol. The Labute approximate surface area is 166 Å². The van der Waals surface area contributed by atoms with Crippen molar-refractivity contribution in [1.82, 2.24) is 0 Å². The van der Waals surface area contributed by atoms with Gasteiger partial charge in [0, 0.05) is 6.42 Å². The lowest BCUT2D eigenvalue weighted by Gasteiger charge is -2.37. The van der Waals surface area contributed by atoms with Crippen molar-refractivity contribution in [1.29, 1.82) is 0 Å².